The van der Waals surface area contributed by atoms with Crippen molar-refractivity contribution in [3.05, 3.63) is 30.3 Å². The normalized spacial score (nSPS) is 11.9. The van der Waals surface area contributed by atoms with E-state index >= 15 is 0 Å². The average molecular weight is 278 g/mol. The minimum absolute atomic E-state index is 0.120. The summed E-state index contributed by atoms with van der Waals surface area (Å²) in [5, 5.41) is 0. The molecule has 20 heavy (non-hydrogen) atoms. The molecular weight excluding hydrogens is 252 g/mol. The number of ether oxygens (including phenoxy) is 2. The summed E-state index contributed by atoms with van der Waals surface area (Å²) in [5.74, 6) is 0.681. The van der Waals surface area contributed by atoms with Gasteiger partial charge in [0.1, 0.15) is 18.5 Å². The molecule has 3 heteroatoms. The van der Waals surface area contributed by atoms with E-state index in [1.165, 1.54) is 19.3 Å². The van der Waals surface area contributed by atoms with E-state index in [1.807, 2.05) is 37.3 Å². The number of unbranched alkanes of at least 4 members (excludes halogenated alkanes) is 4. The van der Waals surface area contributed by atoms with E-state index in [0.29, 0.717) is 13.0 Å². The molecule has 112 valence electrons. The predicted octanol–water partition coefficient (Wildman–Crippen LogP) is 4.36. The Morgan fingerprint density at radius 2 is 1.80 bits per heavy atom. The Labute approximate surface area is 122 Å². The van der Waals surface area contributed by atoms with E-state index in [1.54, 1.807) is 0 Å². The molecule has 1 rings (SSSR count). The number of benzene rings is 1. The van der Waals surface area contributed by atoms with E-state index in [-0.39, 0.29) is 12.1 Å². The Balaban J connectivity index is 2.09. The Morgan fingerprint density at radius 1 is 1.10 bits per heavy atom. The summed E-state index contributed by atoms with van der Waals surface area (Å²) in [4.78, 5) is 11.6. The van der Waals surface area contributed by atoms with Crippen LogP contribution in [0.1, 0.15) is 52.4 Å². The van der Waals surface area contributed by atoms with Crippen LogP contribution in [0.5, 0.6) is 5.75 Å². The highest BCUT2D eigenvalue weighted by Crippen LogP contribution is 2.10. The molecule has 0 fully saturated rings. The van der Waals surface area contributed by atoms with E-state index in [0.717, 1.165) is 18.6 Å². The smallest absolute Gasteiger partial charge is 0.306 e. The number of hydrogen-bond acceptors (Lipinski definition) is 3. The maximum Gasteiger partial charge on any atom is 0.306 e. The Kier molecular flexibility index (Phi) is 8.52. The second kappa shape index (κ2) is 10.3. The molecular formula is C17H26O3. The third-order valence-electron chi connectivity index (χ3n) is 3.04. The van der Waals surface area contributed by atoms with Gasteiger partial charge in [0.25, 0.3) is 0 Å². The van der Waals surface area contributed by atoms with E-state index in [2.05, 4.69) is 6.92 Å². The lowest BCUT2D eigenvalue weighted by Crippen LogP contribution is -2.21. The highest BCUT2D eigenvalue weighted by atomic mass is 16.6. The molecule has 0 radical (unpaired) electrons. The van der Waals surface area contributed by atoms with Crippen molar-refractivity contribution in [1.82, 2.24) is 0 Å². The molecule has 0 aliphatic carbocycles. The first kappa shape index (κ1) is 16.5. The summed E-state index contributed by atoms with van der Waals surface area (Å²) in [6, 6.07) is 9.56. The first-order chi connectivity index (χ1) is 9.72. The zero-order valence-corrected chi connectivity index (χ0v) is 12.6. The van der Waals surface area contributed by atoms with Gasteiger partial charge in [-0.25, -0.2) is 0 Å². The summed E-state index contributed by atoms with van der Waals surface area (Å²) in [6.45, 7) is 4.44. The second-order valence-corrected chi connectivity index (χ2v) is 5.09. The van der Waals surface area contributed by atoms with Gasteiger partial charge in [0.2, 0.25) is 0 Å². The maximum atomic E-state index is 11.6. The topological polar surface area (TPSA) is 35.5 Å². The molecule has 1 aromatic rings. The molecule has 0 saturated heterocycles. The van der Waals surface area contributed by atoms with Crippen LogP contribution in [-0.4, -0.2) is 18.7 Å². The van der Waals surface area contributed by atoms with Crippen molar-refractivity contribution in [1.29, 1.82) is 0 Å². The van der Waals surface area contributed by atoms with Gasteiger partial charge in [-0.2, -0.15) is 0 Å². The van der Waals surface area contributed by atoms with Crippen molar-refractivity contribution in [2.24, 2.45) is 0 Å². The lowest BCUT2D eigenvalue weighted by molar-refractivity contribution is -0.149. The third-order valence-corrected chi connectivity index (χ3v) is 3.04. The number of rotatable bonds is 10. The fourth-order valence-corrected chi connectivity index (χ4v) is 1.92. The zero-order valence-electron chi connectivity index (χ0n) is 12.6. The Hall–Kier alpha value is -1.51. The van der Waals surface area contributed by atoms with Gasteiger partial charge in [0.05, 0.1) is 0 Å². The molecule has 1 atom stereocenters. The van der Waals surface area contributed by atoms with Gasteiger partial charge >= 0.3 is 5.97 Å². The minimum Gasteiger partial charge on any atom is -0.490 e. The largest absolute Gasteiger partial charge is 0.490 e. The van der Waals surface area contributed by atoms with Crippen LogP contribution in [0.15, 0.2) is 30.3 Å². The maximum absolute atomic E-state index is 11.6. The van der Waals surface area contributed by atoms with Crippen LogP contribution in [0.25, 0.3) is 0 Å². The number of esters is 1. The van der Waals surface area contributed by atoms with Crippen molar-refractivity contribution >= 4 is 5.97 Å². The van der Waals surface area contributed by atoms with Gasteiger partial charge in [-0.05, 0) is 25.5 Å². The lowest BCUT2D eigenvalue weighted by Gasteiger charge is -2.14. The van der Waals surface area contributed by atoms with Gasteiger partial charge in [-0.3, -0.25) is 4.79 Å². The number of para-hydroxylation sites is 1. The fraction of sp³-hybridized carbons (Fsp3) is 0.588. The molecule has 0 saturated carbocycles. The van der Waals surface area contributed by atoms with Crippen molar-refractivity contribution < 1.29 is 14.3 Å². The zero-order chi connectivity index (χ0) is 14.6. The van der Waals surface area contributed by atoms with Crippen molar-refractivity contribution in [2.75, 3.05) is 6.61 Å². The molecule has 0 bridgehead atoms. The van der Waals surface area contributed by atoms with Gasteiger partial charge < -0.3 is 9.47 Å². The van der Waals surface area contributed by atoms with Gasteiger partial charge in [-0.15, -0.1) is 0 Å². The molecule has 0 aromatic heterocycles. The van der Waals surface area contributed by atoms with Crippen LogP contribution >= 0.6 is 0 Å². The van der Waals surface area contributed by atoms with Crippen LogP contribution < -0.4 is 4.74 Å². The first-order valence-electron chi connectivity index (χ1n) is 7.59. The second-order valence-electron chi connectivity index (χ2n) is 5.09. The minimum atomic E-state index is -0.210. The lowest BCUT2D eigenvalue weighted by atomic mass is 10.1. The van der Waals surface area contributed by atoms with Crippen LogP contribution in [0.3, 0.4) is 0 Å². The average Bonchev–Trinajstić information content (AvgIpc) is 2.46. The summed E-state index contributed by atoms with van der Waals surface area (Å²) < 4.78 is 10.9. The van der Waals surface area contributed by atoms with Crippen molar-refractivity contribution in [2.45, 2.75) is 58.5 Å². The first-order valence-corrected chi connectivity index (χ1v) is 7.59. The van der Waals surface area contributed by atoms with Crippen LogP contribution in [-0.2, 0) is 9.53 Å². The number of hydrogen-bond donors (Lipinski definition) is 0. The van der Waals surface area contributed by atoms with Crippen molar-refractivity contribution in [3.63, 3.8) is 0 Å². The monoisotopic (exact) mass is 278 g/mol. The Morgan fingerprint density at radius 3 is 2.50 bits per heavy atom. The number of carbonyl (C=O) groups excluding carboxylic acids is 1. The quantitative estimate of drug-likeness (QED) is 0.471. The molecule has 0 N–H and O–H groups in total. The summed E-state index contributed by atoms with van der Waals surface area (Å²) >= 11 is 0. The number of carbonyl (C=O) groups is 1. The standard InChI is InChI=1S/C17H26O3/c1-3-4-5-6-10-13-17(18)20-15(2)14-19-16-11-8-7-9-12-16/h7-9,11-12,15H,3-6,10,13-14H2,1-2H3. The molecule has 0 aliphatic rings. The highest BCUT2D eigenvalue weighted by molar-refractivity contribution is 5.69. The van der Waals surface area contributed by atoms with E-state index in [4.69, 9.17) is 9.47 Å². The molecule has 0 heterocycles. The highest BCUT2D eigenvalue weighted by Gasteiger charge is 2.09. The predicted molar refractivity (Wildman–Crippen MR) is 80.9 cm³/mol. The molecule has 0 aliphatic heterocycles. The molecule has 3 nitrogen and oxygen atoms in total. The molecule has 1 aromatic carbocycles. The SMILES string of the molecule is CCCCCCCC(=O)OC(C)COc1ccccc1. The van der Waals surface area contributed by atoms with Gasteiger partial charge in [0.15, 0.2) is 0 Å². The van der Waals surface area contributed by atoms with Crippen LogP contribution in [0, 0.1) is 0 Å². The van der Waals surface area contributed by atoms with Crippen LogP contribution in [0.2, 0.25) is 0 Å². The summed E-state index contributed by atoms with van der Waals surface area (Å²) in [7, 11) is 0. The van der Waals surface area contributed by atoms with Crippen LogP contribution in [0.4, 0.5) is 0 Å². The van der Waals surface area contributed by atoms with Gasteiger partial charge in [-0.1, -0.05) is 50.8 Å². The fourth-order valence-electron chi connectivity index (χ4n) is 1.92. The molecule has 0 amide bonds. The summed E-state index contributed by atoms with van der Waals surface area (Å²) in [5.41, 5.74) is 0. The third kappa shape index (κ3) is 7.82. The van der Waals surface area contributed by atoms with Gasteiger partial charge in [0, 0.05) is 6.42 Å². The summed E-state index contributed by atoms with van der Waals surface area (Å²) in [6.07, 6.45) is 6.01. The molecule has 0 spiro atoms. The Bertz CT molecular complexity index is 362. The van der Waals surface area contributed by atoms with E-state index in [9.17, 15) is 4.79 Å². The van der Waals surface area contributed by atoms with E-state index < -0.39 is 0 Å². The molecule has 1 unspecified atom stereocenters. The van der Waals surface area contributed by atoms with Crippen molar-refractivity contribution in [3.8, 4) is 5.75 Å².